The highest BCUT2D eigenvalue weighted by Crippen LogP contribution is 1.95. The number of aliphatic imine (C=N–C) groups is 1. The Hall–Kier alpha value is -1.56. The number of rotatable bonds is 6. The molecule has 1 rings (SSSR count). The van der Waals surface area contributed by atoms with Crippen LogP contribution in [-0.4, -0.2) is 49.1 Å². The summed E-state index contributed by atoms with van der Waals surface area (Å²) in [6, 6.07) is 0.236. The number of guanidine groups is 1. The summed E-state index contributed by atoms with van der Waals surface area (Å²) in [4.78, 5) is 4.16. The standard InChI is InChI=1S/C12H23N5O/c1-10(9-18-4)16-12(13-2)14-6-5-11-7-15-17(3)8-11/h7-8,10H,5-6,9H2,1-4H3,(H2,13,14,16). The second kappa shape index (κ2) is 7.71. The molecule has 0 spiro atoms. The molecule has 0 saturated carbocycles. The van der Waals surface area contributed by atoms with Crippen molar-refractivity contribution in [2.45, 2.75) is 19.4 Å². The van der Waals surface area contributed by atoms with E-state index in [1.54, 1.807) is 14.2 Å². The third-order valence-corrected chi connectivity index (χ3v) is 2.49. The van der Waals surface area contributed by atoms with Crippen molar-refractivity contribution in [1.82, 2.24) is 20.4 Å². The summed E-state index contributed by atoms with van der Waals surface area (Å²) >= 11 is 0. The van der Waals surface area contributed by atoms with Gasteiger partial charge in [0, 0.05) is 40.0 Å². The van der Waals surface area contributed by atoms with Crippen LogP contribution in [0.5, 0.6) is 0 Å². The van der Waals surface area contributed by atoms with Gasteiger partial charge < -0.3 is 15.4 Å². The van der Waals surface area contributed by atoms with Crippen molar-refractivity contribution in [2.75, 3.05) is 27.3 Å². The maximum Gasteiger partial charge on any atom is 0.191 e. The smallest absolute Gasteiger partial charge is 0.191 e. The Morgan fingerprint density at radius 2 is 2.39 bits per heavy atom. The third kappa shape index (κ3) is 5.18. The van der Waals surface area contributed by atoms with E-state index in [9.17, 15) is 0 Å². The fraction of sp³-hybridized carbons (Fsp3) is 0.667. The number of nitrogens with zero attached hydrogens (tertiary/aromatic N) is 3. The minimum absolute atomic E-state index is 0.236. The van der Waals surface area contributed by atoms with Crippen molar-refractivity contribution < 1.29 is 4.74 Å². The molecule has 1 aromatic rings. The third-order valence-electron chi connectivity index (χ3n) is 2.49. The van der Waals surface area contributed by atoms with Gasteiger partial charge in [-0.3, -0.25) is 9.67 Å². The van der Waals surface area contributed by atoms with Crippen molar-refractivity contribution >= 4 is 5.96 Å². The van der Waals surface area contributed by atoms with Crippen LogP contribution in [0.15, 0.2) is 17.4 Å². The van der Waals surface area contributed by atoms with Gasteiger partial charge in [-0.05, 0) is 18.9 Å². The molecule has 0 saturated heterocycles. The lowest BCUT2D eigenvalue weighted by Gasteiger charge is -2.16. The summed E-state index contributed by atoms with van der Waals surface area (Å²) in [6.07, 6.45) is 4.82. The molecule has 0 aliphatic rings. The summed E-state index contributed by atoms with van der Waals surface area (Å²) in [6.45, 7) is 3.53. The first kappa shape index (κ1) is 14.5. The van der Waals surface area contributed by atoms with Gasteiger partial charge in [-0.25, -0.2) is 0 Å². The summed E-state index contributed by atoms with van der Waals surface area (Å²) in [5.41, 5.74) is 1.21. The monoisotopic (exact) mass is 253 g/mol. The van der Waals surface area contributed by atoms with E-state index < -0.39 is 0 Å². The molecule has 0 bridgehead atoms. The number of ether oxygens (including phenoxy) is 1. The van der Waals surface area contributed by atoms with Crippen LogP contribution in [-0.2, 0) is 18.2 Å². The van der Waals surface area contributed by atoms with E-state index >= 15 is 0 Å². The number of nitrogens with one attached hydrogen (secondary N) is 2. The number of hydrogen-bond acceptors (Lipinski definition) is 3. The number of hydrogen-bond donors (Lipinski definition) is 2. The molecule has 18 heavy (non-hydrogen) atoms. The summed E-state index contributed by atoms with van der Waals surface area (Å²) in [7, 11) is 5.37. The van der Waals surface area contributed by atoms with Crippen LogP contribution >= 0.6 is 0 Å². The summed E-state index contributed by atoms with van der Waals surface area (Å²) in [5.74, 6) is 0.795. The van der Waals surface area contributed by atoms with E-state index in [0.717, 1.165) is 18.9 Å². The predicted molar refractivity (Wildman–Crippen MR) is 72.7 cm³/mol. The first-order valence-corrected chi connectivity index (χ1v) is 6.09. The Labute approximate surface area is 108 Å². The molecule has 0 fully saturated rings. The second-order valence-corrected chi connectivity index (χ2v) is 4.27. The molecular formula is C12H23N5O. The molecule has 0 amide bonds. The maximum atomic E-state index is 5.07. The van der Waals surface area contributed by atoms with Crippen molar-refractivity contribution in [1.29, 1.82) is 0 Å². The van der Waals surface area contributed by atoms with Gasteiger partial charge in [-0.15, -0.1) is 0 Å². The molecule has 0 aliphatic heterocycles. The Morgan fingerprint density at radius 1 is 1.61 bits per heavy atom. The van der Waals surface area contributed by atoms with Crippen molar-refractivity contribution in [3.8, 4) is 0 Å². The molecule has 1 atom stereocenters. The van der Waals surface area contributed by atoms with Gasteiger partial charge in [-0.1, -0.05) is 0 Å². The zero-order chi connectivity index (χ0) is 13.4. The van der Waals surface area contributed by atoms with Gasteiger partial charge in [-0.2, -0.15) is 5.10 Å². The Bertz CT molecular complexity index is 374. The quantitative estimate of drug-likeness (QED) is 0.560. The van der Waals surface area contributed by atoms with Crippen LogP contribution in [0.3, 0.4) is 0 Å². The normalized spacial score (nSPS) is 13.4. The van der Waals surface area contributed by atoms with Crippen LogP contribution in [0.4, 0.5) is 0 Å². The number of aromatic nitrogens is 2. The van der Waals surface area contributed by atoms with Gasteiger partial charge in [0.2, 0.25) is 0 Å². The van der Waals surface area contributed by atoms with E-state index in [2.05, 4.69) is 27.6 Å². The zero-order valence-electron chi connectivity index (χ0n) is 11.6. The Balaban J connectivity index is 2.27. The highest BCUT2D eigenvalue weighted by Gasteiger charge is 2.04. The van der Waals surface area contributed by atoms with Gasteiger partial charge in [0.25, 0.3) is 0 Å². The highest BCUT2D eigenvalue weighted by molar-refractivity contribution is 5.79. The molecule has 6 nitrogen and oxygen atoms in total. The first-order valence-electron chi connectivity index (χ1n) is 6.09. The van der Waals surface area contributed by atoms with Crippen LogP contribution in [0.1, 0.15) is 12.5 Å². The van der Waals surface area contributed by atoms with Crippen LogP contribution < -0.4 is 10.6 Å². The van der Waals surface area contributed by atoms with Gasteiger partial charge in [0.1, 0.15) is 0 Å². The highest BCUT2D eigenvalue weighted by atomic mass is 16.5. The van der Waals surface area contributed by atoms with E-state index in [4.69, 9.17) is 4.74 Å². The lowest BCUT2D eigenvalue weighted by Crippen LogP contribution is -2.44. The summed E-state index contributed by atoms with van der Waals surface area (Å²) < 4.78 is 6.88. The van der Waals surface area contributed by atoms with Crippen molar-refractivity contribution in [3.63, 3.8) is 0 Å². The van der Waals surface area contributed by atoms with Crippen LogP contribution in [0, 0.1) is 0 Å². The molecule has 0 aliphatic carbocycles. The van der Waals surface area contributed by atoms with E-state index in [1.807, 2.05) is 24.1 Å². The summed E-state index contributed by atoms with van der Waals surface area (Å²) in [5, 5.41) is 10.6. The lowest BCUT2D eigenvalue weighted by molar-refractivity contribution is 0.179. The molecule has 0 aromatic carbocycles. The minimum Gasteiger partial charge on any atom is -0.383 e. The minimum atomic E-state index is 0.236. The fourth-order valence-corrected chi connectivity index (χ4v) is 1.65. The molecule has 2 N–H and O–H groups in total. The van der Waals surface area contributed by atoms with Crippen LogP contribution in [0.2, 0.25) is 0 Å². The predicted octanol–water partition coefficient (Wildman–Crippen LogP) is 0.163. The average Bonchev–Trinajstić information content (AvgIpc) is 2.74. The topological polar surface area (TPSA) is 63.5 Å². The first-order chi connectivity index (χ1) is 8.65. The van der Waals surface area contributed by atoms with E-state index in [1.165, 1.54) is 5.56 Å². The van der Waals surface area contributed by atoms with Gasteiger partial charge in [0.05, 0.1) is 12.8 Å². The fourth-order valence-electron chi connectivity index (χ4n) is 1.65. The lowest BCUT2D eigenvalue weighted by atomic mass is 10.2. The second-order valence-electron chi connectivity index (χ2n) is 4.27. The Kier molecular flexibility index (Phi) is 6.21. The van der Waals surface area contributed by atoms with Gasteiger partial charge in [0.15, 0.2) is 5.96 Å². The SMILES string of the molecule is CN=C(NCCc1cnn(C)c1)NC(C)COC. The molecule has 102 valence electrons. The molecule has 0 radical (unpaired) electrons. The van der Waals surface area contributed by atoms with Gasteiger partial charge >= 0.3 is 0 Å². The Morgan fingerprint density at radius 3 is 2.94 bits per heavy atom. The van der Waals surface area contributed by atoms with E-state index in [0.29, 0.717) is 6.61 Å². The molecular weight excluding hydrogens is 230 g/mol. The average molecular weight is 253 g/mol. The number of aryl methyl sites for hydroxylation is 1. The van der Waals surface area contributed by atoms with Crippen molar-refractivity contribution in [2.24, 2.45) is 12.0 Å². The maximum absolute atomic E-state index is 5.07. The molecule has 1 aromatic heterocycles. The van der Waals surface area contributed by atoms with Crippen LogP contribution in [0.25, 0.3) is 0 Å². The largest absolute Gasteiger partial charge is 0.383 e. The number of methoxy groups -OCH3 is 1. The zero-order valence-corrected chi connectivity index (χ0v) is 11.6. The van der Waals surface area contributed by atoms with E-state index in [-0.39, 0.29) is 6.04 Å². The molecule has 1 heterocycles. The molecule has 1 unspecified atom stereocenters. The van der Waals surface area contributed by atoms with Crippen molar-refractivity contribution in [3.05, 3.63) is 18.0 Å². The molecule has 6 heteroatoms.